The van der Waals surface area contributed by atoms with Crippen LogP contribution >= 0.6 is 11.6 Å². The van der Waals surface area contributed by atoms with E-state index in [0.717, 1.165) is 5.56 Å². The fourth-order valence-electron chi connectivity index (χ4n) is 2.96. The van der Waals surface area contributed by atoms with Gasteiger partial charge in [0.05, 0.1) is 11.1 Å². The maximum absolute atomic E-state index is 12.6. The highest BCUT2D eigenvalue weighted by Crippen LogP contribution is 2.27. The topological polar surface area (TPSA) is 81.4 Å². The van der Waals surface area contributed by atoms with Gasteiger partial charge in [-0.15, -0.1) is 0 Å². The minimum absolute atomic E-state index is 0.260. The van der Waals surface area contributed by atoms with Crippen molar-refractivity contribution in [1.29, 1.82) is 0 Å². The number of oxazole rings is 1. The van der Waals surface area contributed by atoms with Gasteiger partial charge >= 0.3 is 5.97 Å². The van der Waals surface area contributed by atoms with E-state index in [0.29, 0.717) is 33.3 Å². The van der Waals surface area contributed by atoms with E-state index < -0.39 is 18.5 Å². The molecule has 1 aromatic heterocycles. The number of para-hydroxylation sites is 2. The van der Waals surface area contributed by atoms with Gasteiger partial charge in [-0.3, -0.25) is 4.79 Å². The van der Waals surface area contributed by atoms with Gasteiger partial charge in [0.15, 0.2) is 12.2 Å². The summed E-state index contributed by atoms with van der Waals surface area (Å²) in [6.45, 7) is 1.40. The molecule has 0 saturated heterocycles. The van der Waals surface area contributed by atoms with E-state index >= 15 is 0 Å². The molecule has 0 aliphatic heterocycles. The van der Waals surface area contributed by atoms with Gasteiger partial charge in [-0.2, -0.15) is 0 Å². The van der Waals surface area contributed by atoms with E-state index in [9.17, 15) is 9.59 Å². The molecule has 7 heteroatoms. The third-order valence-corrected chi connectivity index (χ3v) is 4.71. The molecule has 6 nitrogen and oxygen atoms in total. The number of benzene rings is 3. The van der Waals surface area contributed by atoms with Crippen molar-refractivity contribution in [2.45, 2.75) is 6.92 Å². The highest BCUT2D eigenvalue weighted by atomic mass is 35.5. The Balaban J connectivity index is 1.49. The van der Waals surface area contributed by atoms with Gasteiger partial charge in [-0.25, -0.2) is 9.78 Å². The van der Waals surface area contributed by atoms with Gasteiger partial charge in [0.1, 0.15) is 5.52 Å². The van der Waals surface area contributed by atoms with Gasteiger partial charge in [0.2, 0.25) is 5.89 Å². The Morgan fingerprint density at radius 3 is 2.67 bits per heavy atom. The van der Waals surface area contributed by atoms with Crippen molar-refractivity contribution >= 4 is 40.3 Å². The number of hydrogen-bond acceptors (Lipinski definition) is 5. The monoisotopic (exact) mass is 420 g/mol. The minimum atomic E-state index is -0.647. The largest absolute Gasteiger partial charge is 0.452 e. The van der Waals surface area contributed by atoms with Gasteiger partial charge in [-0.1, -0.05) is 41.9 Å². The number of aryl methyl sites for hydroxylation is 1. The Morgan fingerprint density at radius 1 is 1.07 bits per heavy atom. The van der Waals surface area contributed by atoms with Crippen LogP contribution in [0.3, 0.4) is 0 Å². The summed E-state index contributed by atoms with van der Waals surface area (Å²) in [4.78, 5) is 29.3. The van der Waals surface area contributed by atoms with Crippen LogP contribution in [-0.4, -0.2) is 23.5 Å². The second-order valence-electron chi connectivity index (χ2n) is 6.62. The summed E-state index contributed by atoms with van der Waals surface area (Å²) in [6.07, 6.45) is 0. The van der Waals surface area contributed by atoms with Crippen LogP contribution in [0.5, 0.6) is 0 Å². The fourth-order valence-corrected chi connectivity index (χ4v) is 3.13. The van der Waals surface area contributed by atoms with E-state index in [2.05, 4.69) is 10.3 Å². The maximum Gasteiger partial charge on any atom is 0.339 e. The highest BCUT2D eigenvalue weighted by Gasteiger charge is 2.19. The molecule has 150 valence electrons. The lowest BCUT2D eigenvalue weighted by molar-refractivity contribution is -0.119. The molecule has 0 aliphatic rings. The SMILES string of the molecule is Cc1ccc(Cl)cc1NC(=O)COC(=O)c1ccccc1-c1nc2ccccc2o1. The molecule has 0 unspecified atom stereocenters. The van der Waals surface area contributed by atoms with Crippen molar-refractivity contribution in [2.75, 3.05) is 11.9 Å². The van der Waals surface area contributed by atoms with Gasteiger partial charge in [-0.05, 0) is 48.9 Å². The number of carbonyl (C=O) groups excluding carboxylic acids is 2. The van der Waals surface area contributed by atoms with Crippen molar-refractivity contribution in [3.8, 4) is 11.5 Å². The lowest BCUT2D eigenvalue weighted by Crippen LogP contribution is -2.21. The molecule has 0 saturated carbocycles. The summed E-state index contributed by atoms with van der Waals surface area (Å²) in [7, 11) is 0. The molecule has 0 radical (unpaired) electrons. The zero-order chi connectivity index (χ0) is 21.1. The molecule has 0 spiro atoms. The second kappa shape index (κ2) is 8.39. The van der Waals surface area contributed by atoms with Crippen LogP contribution in [0.25, 0.3) is 22.6 Å². The van der Waals surface area contributed by atoms with Crippen LogP contribution in [-0.2, 0) is 9.53 Å². The van der Waals surface area contributed by atoms with E-state index in [4.69, 9.17) is 20.8 Å². The summed E-state index contributed by atoms with van der Waals surface area (Å²) in [6, 6.07) is 19.3. The number of fused-ring (bicyclic) bond motifs is 1. The van der Waals surface area contributed by atoms with E-state index in [-0.39, 0.29) is 5.56 Å². The summed E-state index contributed by atoms with van der Waals surface area (Å²) in [5, 5.41) is 3.19. The maximum atomic E-state index is 12.6. The number of amides is 1. The van der Waals surface area contributed by atoms with Gasteiger partial charge < -0.3 is 14.5 Å². The van der Waals surface area contributed by atoms with E-state index in [1.165, 1.54) is 0 Å². The summed E-state index contributed by atoms with van der Waals surface area (Å²) in [5.41, 5.74) is 3.47. The second-order valence-corrected chi connectivity index (χ2v) is 7.05. The molecule has 1 N–H and O–H groups in total. The number of hydrogen-bond donors (Lipinski definition) is 1. The summed E-state index contributed by atoms with van der Waals surface area (Å²) in [5.74, 6) is -0.804. The quantitative estimate of drug-likeness (QED) is 0.446. The van der Waals surface area contributed by atoms with Crippen LogP contribution in [0, 0.1) is 6.92 Å². The molecule has 1 heterocycles. The zero-order valence-corrected chi connectivity index (χ0v) is 16.8. The number of carbonyl (C=O) groups is 2. The van der Waals surface area contributed by atoms with Crippen LogP contribution in [0.15, 0.2) is 71.1 Å². The lowest BCUT2D eigenvalue weighted by Gasteiger charge is -2.10. The zero-order valence-electron chi connectivity index (χ0n) is 16.0. The lowest BCUT2D eigenvalue weighted by atomic mass is 10.1. The fraction of sp³-hybridized carbons (Fsp3) is 0.0870. The first-order valence-corrected chi connectivity index (χ1v) is 9.57. The molecule has 1 amide bonds. The average Bonchev–Trinajstić information content (AvgIpc) is 3.19. The van der Waals surface area contributed by atoms with Crippen molar-refractivity contribution in [2.24, 2.45) is 0 Å². The number of nitrogens with one attached hydrogen (secondary N) is 1. The molecular formula is C23H17ClN2O4. The standard InChI is InChI=1S/C23H17ClN2O4/c1-14-10-11-15(24)12-19(14)25-21(27)13-29-23(28)17-7-3-2-6-16(17)22-26-18-8-4-5-9-20(18)30-22/h2-12H,13H2,1H3,(H,25,27). The number of ether oxygens (including phenoxy) is 1. The summed E-state index contributed by atoms with van der Waals surface area (Å²) >= 11 is 5.96. The van der Waals surface area contributed by atoms with Gasteiger partial charge in [0.25, 0.3) is 5.91 Å². The van der Waals surface area contributed by atoms with Crippen molar-refractivity contribution in [1.82, 2.24) is 4.98 Å². The Hall–Kier alpha value is -3.64. The van der Waals surface area contributed by atoms with Crippen LogP contribution in [0.4, 0.5) is 5.69 Å². The molecule has 3 aromatic carbocycles. The predicted octanol–water partition coefficient (Wildman–Crippen LogP) is 5.25. The van der Waals surface area contributed by atoms with Crippen LogP contribution in [0.2, 0.25) is 5.02 Å². The number of nitrogens with zero attached hydrogens (tertiary/aromatic N) is 1. The predicted molar refractivity (Wildman–Crippen MR) is 115 cm³/mol. The smallest absolute Gasteiger partial charge is 0.339 e. The molecular weight excluding hydrogens is 404 g/mol. The first-order chi connectivity index (χ1) is 14.5. The van der Waals surface area contributed by atoms with Crippen LogP contribution < -0.4 is 5.32 Å². The first-order valence-electron chi connectivity index (χ1n) is 9.19. The Kier molecular flexibility index (Phi) is 5.50. The van der Waals surface area contributed by atoms with Crippen molar-refractivity contribution in [3.63, 3.8) is 0 Å². The van der Waals surface area contributed by atoms with Crippen molar-refractivity contribution < 1.29 is 18.7 Å². The Bertz CT molecular complexity index is 1220. The van der Waals surface area contributed by atoms with Gasteiger partial charge in [0, 0.05) is 10.7 Å². The number of rotatable bonds is 5. The third kappa shape index (κ3) is 4.18. The number of aromatic nitrogens is 1. The molecule has 0 bridgehead atoms. The molecule has 4 aromatic rings. The molecule has 0 fully saturated rings. The average molecular weight is 421 g/mol. The van der Waals surface area contributed by atoms with E-state index in [1.54, 1.807) is 48.5 Å². The van der Waals surface area contributed by atoms with Crippen LogP contribution in [0.1, 0.15) is 15.9 Å². The molecule has 0 atom stereocenters. The minimum Gasteiger partial charge on any atom is -0.452 e. The Morgan fingerprint density at radius 2 is 1.83 bits per heavy atom. The number of anilines is 1. The number of halogens is 1. The van der Waals surface area contributed by atoms with Crippen molar-refractivity contribution in [3.05, 3.63) is 82.9 Å². The molecule has 30 heavy (non-hydrogen) atoms. The normalized spacial score (nSPS) is 10.7. The molecule has 4 rings (SSSR count). The summed E-state index contributed by atoms with van der Waals surface area (Å²) < 4.78 is 11.0. The third-order valence-electron chi connectivity index (χ3n) is 4.48. The highest BCUT2D eigenvalue weighted by molar-refractivity contribution is 6.31. The Labute approximate surface area is 177 Å². The molecule has 0 aliphatic carbocycles. The number of esters is 1. The first kappa shape index (κ1) is 19.7. The van der Waals surface area contributed by atoms with E-state index in [1.807, 2.05) is 25.1 Å².